The molecule has 0 saturated carbocycles. The van der Waals surface area contributed by atoms with E-state index in [9.17, 15) is 0 Å². The molecule has 4 nitrogen and oxygen atoms in total. The van der Waals surface area contributed by atoms with Crippen molar-refractivity contribution in [2.75, 3.05) is 38.3 Å². The molecule has 0 aromatic heterocycles. The fourth-order valence-electron chi connectivity index (χ4n) is 1.77. The molecule has 0 aliphatic carbocycles. The minimum absolute atomic E-state index is 0.0863. The highest BCUT2D eigenvalue weighted by Crippen LogP contribution is 2.26. The van der Waals surface area contributed by atoms with E-state index in [1.807, 2.05) is 30.0 Å². The number of aliphatic hydroxyl groups is 1. The summed E-state index contributed by atoms with van der Waals surface area (Å²) in [6.45, 7) is 3.86. The summed E-state index contributed by atoms with van der Waals surface area (Å²) in [5.41, 5.74) is 7.72. The lowest BCUT2D eigenvalue weighted by molar-refractivity contribution is 0.203. The predicted molar refractivity (Wildman–Crippen MR) is 75.2 cm³/mol. The molecule has 5 heteroatoms. The third-order valence-electron chi connectivity index (χ3n) is 2.77. The number of nitrogens with two attached hydrogens (primary N) is 1. The maximum absolute atomic E-state index is 9.07. The van der Waals surface area contributed by atoms with Gasteiger partial charge in [0.2, 0.25) is 0 Å². The molecule has 1 unspecified atom stereocenters. The fourth-order valence-corrected chi connectivity index (χ4v) is 2.12. The van der Waals surface area contributed by atoms with Crippen LogP contribution in [0.1, 0.15) is 18.5 Å². The quantitative estimate of drug-likeness (QED) is 0.795. The largest absolute Gasteiger partial charge is 0.395 e. The first-order valence-electron chi connectivity index (χ1n) is 6.00. The summed E-state index contributed by atoms with van der Waals surface area (Å²) in [4.78, 5) is 2.03. The van der Waals surface area contributed by atoms with Crippen molar-refractivity contribution in [1.29, 1.82) is 0 Å². The molecule has 1 atom stereocenters. The molecule has 0 spiro atoms. The van der Waals surface area contributed by atoms with Gasteiger partial charge in [-0.2, -0.15) is 0 Å². The topological polar surface area (TPSA) is 58.7 Å². The average molecular weight is 273 g/mol. The number of methoxy groups -OCH3 is 1. The molecule has 1 aromatic rings. The average Bonchev–Trinajstić information content (AvgIpc) is 2.33. The van der Waals surface area contributed by atoms with Crippen molar-refractivity contribution in [3.05, 3.63) is 28.8 Å². The van der Waals surface area contributed by atoms with Gasteiger partial charge in [0, 0.05) is 37.0 Å². The Bertz CT molecular complexity index is 372. The molecule has 0 saturated heterocycles. The van der Waals surface area contributed by atoms with Crippen LogP contribution in [0.2, 0.25) is 5.02 Å². The second kappa shape index (κ2) is 7.59. The van der Waals surface area contributed by atoms with Crippen LogP contribution < -0.4 is 10.6 Å². The Balaban J connectivity index is 2.88. The van der Waals surface area contributed by atoms with Gasteiger partial charge in [0.05, 0.1) is 13.2 Å². The summed E-state index contributed by atoms with van der Waals surface area (Å²) in [5.74, 6) is 0. The number of rotatable bonds is 7. The molecule has 0 radical (unpaired) electrons. The normalized spacial score (nSPS) is 12.5. The Morgan fingerprint density at radius 2 is 2.17 bits per heavy atom. The van der Waals surface area contributed by atoms with Crippen LogP contribution in [0.25, 0.3) is 0 Å². The minimum Gasteiger partial charge on any atom is -0.395 e. The van der Waals surface area contributed by atoms with Gasteiger partial charge in [-0.3, -0.25) is 0 Å². The minimum atomic E-state index is -0.0863. The Morgan fingerprint density at radius 3 is 2.67 bits per heavy atom. The van der Waals surface area contributed by atoms with Gasteiger partial charge in [-0.25, -0.2) is 0 Å². The van der Waals surface area contributed by atoms with Crippen molar-refractivity contribution < 1.29 is 9.84 Å². The van der Waals surface area contributed by atoms with E-state index in [0.717, 1.165) is 11.3 Å². The second-order valence-corrected chi connectivity index (χ2v) is 4.61. The summed E-state index contributed by atoms with van der Waals surface area (Å²) in [6.07, 6.45) is 0. The molecule has 0 bridgehead atoms. The number of nitrogens with zero attached hydrogens (tertiary/aromatic N) is 1. The van der Waals surface area contributed by atoms with Crippen LogP contribution >= 0.6 is 11.6 Å². The summed E-state index contributed by atoms with van der Waals surface area (Å²) >= 11 is 6.20. The first-order chi connectivity index (χ1) is 8.60. The lowest BCUT2D eigenvalue weighted by Crippen LogP contribution is -2.30. The van der Waals surface area contributed by atoms with Crippen molar-refractivity contribution in [2.24, 2.45) is 5.73 Å². The molecule has 0 amide bonds. The van der Waals surface area contributed by atoms with Crippen LogP contribution in [0.5, 0.6) is 0 Å². The maximum Gasteiger partial charge on any atom is 0.0637 e. The zero-order valence-electron chi connectivity index (χ0n) is 10.9. The van der Waals surface area contributed by atoms with Crippen LogP contribution in [0.15, 0.2) is 18.2 Å². The third-order valence-corrected chi connectivity index (χ3v) is 3.10. The lowest BCUT2D eigenvalue weighted by Gasteiger charge is -2.24. The first-order valence-corrected chi connectivity index (χ1v) is 6.37. The summed E-state index contributed by atoms with van der Waals surface area (Å²) in [6, 6.07) is 5.69. The number of anilines is 1. The molecule has 3 N–H and O–H groups in total. The highest BCUT2D eigenvalue weighted by atomic mass is 35.5. The third kappa shape index (κ3) is 4.14. The molecule has 102 valence electrons. The first kappa shape index (κ1) is 15.2. The number of hydrogen-bond acceptors (Lipinski definition) is 4. The van der Waals surface area contributed by atoms with Crippen LogP contribution in [-0.4, -0.2) is 38.5 Å². The van der Waals surface area contributed by atoms with Gasteiger partial charge >= 0.3 is 0 Å². The number of benzene rings is 1. The van der Waals surface area contributed by atoms with Gasteiger partial charge in [-0.1, -0.05) is 17.7 Å². The van der Waals surface area contributed by atoms with Crippen molar-refractivity contribution >= 4 is 17.3 Å². The van der Waals surface area contributed by atoms with Crippen LogP contribution in [0.3, 0.4) is 0 Å². The molecule has 18 heavy (non-hydrogen) atoms. The van der Waals surface area contributed by atoms with Crippen LogP contribution in [0, 0.1) is 0 Å². The molecular weight excluding hydrogens is 252 g/mol. The van der Waals surface area contributed by atoms with Crippen molar-refractivity contribution in [3.63, 3.8) is 0 Å². The van der Waals surface area contributed by atoms with E-state index in [0.29, 0.717) is 24.7 Å². The molecule has 1 rings (SSSR count). The van der Waals surface area contributed by atoms with E-state index in [1.54, 1.807) is 7.11 Å². The van der Waals surface area contributed by atoms with Gasteiger partial charge in [0.1, 0.15) is 0 Å². The maximum atomic E-state index is 9.07. The van der Waals surface area contributed by atoms with E-state index in [1.165, 1.54) is 0 Å². The Kier molecular flexibility index (Phi) is 6.43. The molecule has 0 aliphatic rings. The molecule has 0 aliphatic heterocycles. The standard InChI is InChI=1S/C13H21ClN2O2/c1-10(15)12-4-3-11(9-13(12)14)16(5-7-17)6-8-18-2/h3-4,9-10,17H,5-8,15H2,1-2H3. The van der Waals surface area contributed by atoms with Crippen molar-refractivity contribution in [3.8, 4) is 0 Å². The zero-order valence-corrected chi connectivity index (χ0v) is 11.7. The Morgan fingerprint density at radius 1 is 1.44 bits per heavy atom. The Labute approximate surface area is 113 Å². The fraction of sp³-hybridized carbons (Fsp3) is 0.538. The van der Waals surface area contributed by atoms with Crippen LogP contribution in [-0.2, 0) is 4.74 Å². The SMILES string of the molecule is COCCN(CCO)c1ccc(C(C)N)c(Cl)c1. The highest BCUT2D eigenvalue weighted by molar-refractivity contribution is 6.31. The van der Waals surface area contributed by atoms with Gasteiger partial charge in [0.15, 0.2) is 0 Å². The van der Waals surface area contributed by atoms with Gasteiger partial charge < -0.3 is 20.5 Å². The summed E-state index contributed by atoms with van der Waals surface area (Å²) < 4.78 is 5.06. The Hall–Kier alpha value is -0.810. The number of halogens is 1. The molecular formula is C13H21ClN2O2. The van der Waals surface area contributed by atoms with Crippen molar-refractivity contribution in [1.82, 2.24) is 0 Å². The summed E-state index contributed by atoms with van der Waals surface area (Å²) in [5, 5.41) is 9.73. The van der Waals surface area contributed by atoms with E-state index in [4.69, 9.17) is 27.2 Å². The number of hydrogen-bond donors (Lipinski definition) is 2. The van der Waals surface area contributed by atoms with Gasteiger partial charge in [-0.05, 0) is 24.6 Å². The monoisotopic (exact) mass is 272 g/mol. The van der Waals surface area contributed by atoms with Gasteiger partial charge in [-0.15, -0.1) is 0 Å². The van der Waals surface area contributed by atoms with E-state index in [2.05, 4.69) is 0 Å². The zero-order chi connectivity index (χ0) is 13.5. The summed E-state index contributed by atoms with van der Waals surface area (Å²) in [7, 11) is 1.66. The number of ether oxygens (including phenoxy) is 1. The number of aliphatic hydroxyl groups excluding tert-OH is 1. The lowest BCUT2D eigenvalue weighted by atomic mass is 10.1. The molecule has 0 heterocycles. The molecule has 1 aromatic carbocycles. The second-order valence-electron chi connectivity index (χ2n) is 4.20. The smallest absolute Gasteiger partial charge is 0.0637 e. The van der Waals surface area contributed by atoms with E-state index < -0.39 is 0 Å². The highest BCUT2D eigenvalue weighted by Gasteiger charge is 2.10. The predicted octanol–water partition coefficient (Wildman–Crippen LogP) is 1.80. The van der Waals surface area contributed by atoms with E-state index >= 15 is 0 Å². The van der Waals surface area contributed by atoms with E-state index in [-0.39, 0.29) is 12.6 Å². The van der Waals surface area contributed by atoms with Gasteiger partial charge in [0.25, 0.3) is 0 Å². The van der Waals surface area contributed by atoms with Crippen molar-refractivity contribution in [2.45, 2.75) is 13.0 Å². The molecule has 0 fully saturated rings. The van der Waals surface area contributed by atoms with Crippen LogP contribution in [0.4, 0.5) is 5.69 Å².